The van der Waals surface area contributed by atoms with Crippen molar-refractivity contribution in [2.75, 3.05) is 31.3 Å². The van der Waals surface area contributed by atoms with E-state index in [0.29, 0.717) is 34.8 Å². The lowest BCUT2D eigenvalue weighted by Gasteiger charge is -2.17. The van der Waals surface area contributed by atoms with Crippen LogP contribution >= 0.6 is 0 Å². The number of aromatic nitrogens is 1. The van der Waals surface area contributed by atoms with Gasteiger partial charge in [0.15, 0.2) is 11.5 Å². The first-order valence-electron chi connectivity index (χ1n) is 13.6. The Morgan fingerprint density at radius 3 is 2.38 bits per heavy atom. The molecule has 212 valence electrons. The zero-order valence-corrected chi connectivity index (χ0v) is 23.5. The Morgan fingerprint density at radius 1 is 0.857 bits per heavy atom. The molecule has 0 aliphatic carbocycles. The lowest BCUT2D eigenvalue weighted by Crippen LogP contribution is -2.20. The molecule has 0 saturated carbocycles. The van der Waals surface area contributed by atoms with E-state index >= 15 is 0 Å². The Bertz CT molecular complexity index is 1720. The number of hydrogen-bond donors (Lipinski definition) is 3. The van der Waals surface area contributed by atoms with Gasteiger partial charge in [-0.25, -0.2) is 0 Å². The van der Waals surface area contributed by atoms with E-state index < -0.39 is 0 Å². The Morgan fingerprint density at radius 2 is 1.60 bits per heavy atom. The van der Waals surface area contributed by atoms with E-state index in [-0.39, 0.29) is 17.6 Å². The summed E-state index contributed by atoms with van der Waals surface area (Å²) in [5.41, 5.74) is 4.78. The summed E-state index contributed by atoms with van der Waals surface area (Å²) in [5, 5.41) is 16.7. The summed E-state index contributed by atoms with van der Waals surface area (Å²) in [7, 11) is 3.56. The van der Waals surface area contributed by atoms with Gasteiger partial charge in [0.25, 0.3) is 11.8 Å². The molecule has 0 aliphatic heterocycles. The molecule has 4 aromatic carbocycles. The van der Waals surface area contributed by atoms with E-state index in [1.165, 1.54) is 13.3 Å². The molecule has 8 heteroatoms. The number of fused-ring (bicyclic) bond motifs is 1. The van der Waals surface area contributed by atoms with Crippen molar-refractivity contribution in [2.45, 2.75) is 13.0 Å². The normalized spacial score (nSPS) is 10.9. The van der Waals surface area contributed by atoms with Crippen LogP contribution in [0.1, 0.15) is 31.8 Å². The second kappa shape index (κ2) is 13.0. The SMILES string of the molecule is COc1ccc(CN(C)CCc2ccc(NC(=O)c3ccccc3NC(=O)c3cnc4ccccc4c3)cc2)cc1O. The lowest BCUT2D eigenvalue weighted by molar-refractivity contribution is 0.102. The second-order valence-electron chi connectivity index (χ2n) is 10.1. The number of pyridine rings is 1. The van der Waals surface area contributed by atoms with E-state index in [4.69, 9.17) is 4.74 Å². The number of phenols is 1. The maximum Gasteiger partial charge on any atom is 0.257 e. The van der Waals surface area contributed by atoms with Crippen molar-refractivity contribution in [3.05, 3.63) is 126 Å². The number of aromatic hydroxyl groups is 1. The van der Waals surface area contributed by atoms with E-state index in [9.17, 15) is 14.7 Å². The Labute approximate surface area is 244 Å². The van der Waals surface area contributed by atoms with Crippen LogP contribution in [-0.4, -0.2) is 47.5 Å². The van der Waals surface area contributed by atoms with Crippen molar-refractivity contribution in [3.8, 4) is 11.5 Å². The maximum atomic E-state index is 13.2. The summed E-state index contributed by atoms with van der Waals surface area (Å²) >= 11 is 0. The summed E-state index contributed by atoms with van der Waals surface area (Å²) in [4.78, 5) is 32.7. The number of benzene rings is 4. The first kappa shape index (κ1) is 28.3. The van der Waals surface area contributed by atoms with Crippen LogP contribution in [0.15, 0.2) is 103 Å². The van der Waals surface area contributed by atoms with Gasteiger partial charge in [-0.15, -0.1) is 0 Å². The average molecular weight is 561 g/mol. The maximum absolute atomic E-state index is 13.2. The van der Waals surface area contributed by atoms with Crippen LogP contribution in [0.4, 0.5) is 11.4 Å². The third-order valence-corrected chi connectivity index (χ3v) is 6.96. The molecule has 5 rings (SSSR count). The number of likely N-dealkylation sites (N-methyl/N-ethyl adjacent to an activating group) is 1. The van der Waals surface area contributed by atoms with Crippen LogP contribution in [0.3, 0.4) is 0 Å². The zero-order valence-electron chi connectivity index (χ0n) is 23.5. The van der Waals surface area contributed by atoms with Crippen molar-refractivity contribution in [3.63, 3.8) is 0 Å². The molecule has 0 bridgehead atoms. The molecule has 0 unspecified atom stereocenters. The molecule has 1 aromatic heterocycles. The Hall–Kier alpha value is -5.21. The fourth-order valence-corrected chi connectivity index (χ4v) is 4.68. The molecule has 5 aromatic rings. The molecule has 0 aliphatic rings. The van der Waals surface area contributed by atoms with Crippen molar-refractivity contribution < 1.29 is 19.4 Å². The van der Waals surface area contributed by atoms with E-state index in [1.54, 1.807) is 42.5 Å². The summed E-state index contributed by atoms with van der Waals surface area (Å²) in [6.45, 7) is 1.51. The molecule has 1 heterocycles. The highest BCUT2D eigenvalue weighted by atomic mass is 16.5. The van der Waals surface area contributed by atoms with Gasteiger partial charge >= 0.3 is 0 Å². The van der Waals surface area contributed by atoms with Crippen molar-refractivity contribution in [1.29, 1.82) is 0 Å². The molecule has 0 atom stereocenters. The van der Waals surface area contributed by atoms with Gasteiger partial charge in [0.05, 0.1) is 29.4 Å². The predicted molar refractivity (Wildman–Crippen MR) is 165 cm³/mol. The molecule has 8 nitrogen and oxygen atoms in total. The molecule has 0 fully saturated rings. The average Bonchev–Trinajstić information content (AvgIpc) is 3.01. The van der Waals surface area contributed by atoms with E-state index in [2.05, 4.69) is 20.5 Å². The van der Waals surface area contributed by atoms with Gasteiger partial charge in [0, 0.05) is 30.4 Å². The monoisotopic (exact) mass is 560 g/mol. The van der Waals surface area contributed by atoms with Crippen LogP contribution < -0.4 is 15.4 Å². The first-order valence-corrected chi connectivity index (χ1v) is 13.6. The summed E-state index contributed by atoms with van der Waals surface area (Å²) in [6.07, 6.45) is 2.36. The number of carbonyl (C=O) groups excluding carboxylic acids is 2. The highest BCUT2D eigenvalue weighted by Crippen LogP contribution is 2.27. The highest BCUT2D eigenvalue weighted by molar-refractivity contribution is 6.13. The Kier molecular flexibility index (Phi) is 8.75. The summed E-state index contributed by atoms with van der Waals surface area (Å²) < 4.78 is 5.11. The third kappa shape index (κ3) is 6.92. The van der Waals surface area contributed by atoms with Crippen LogP contribution in [0.2, 0.25) is 0 Å². The van der Waals surface area contributed by atoms with Gasteiger partial charge in [-0.05, 0) is 73.1 Å². The fraction of sp³-hybridized carbons (Fsp3) is 0.147. The number of anilines is 2. The van der Waals surface area contributed by atoms with E-state index in [0.717, 1.165) is 35.0 Å². The number of nitrogens with one attached hydrogen (secondary N) is 2. The first-order chi connectivity index (χ1) is 20.4. The summed E-state index contributed by atoms with van der Waals surface area (Å²) in [5.74, 6) is -0.0713. The van der Waals surface area contributed by atoms with Crippen LogP contribution in [0, 0.1) is 0 Å². The number of para-hydroxylation sites is 2. The standard InChI is InChI=1S/C34H32N4O4/c1-38(22-24-13-16-32(42-2)31(39)19-24)18-17-23-11-14-27(15-12-23)36-34(41)28-8-4-6-10-30(28)37-33(40)26-20-25-7-3-5-9-29(25)35-21-26/h3-16,19-21,39H,17-18,22H2,1-2H3,(H,36,41)(H,37,40). The number of amides is 2. The van der Waals surface area contributed by atoms with Gasteiger partial charge in [-0.2, -0.15) is 0 Å². The second-order valence-corrected chi connectivity index (χ2v) is 10.1. The molecule has 2 amide bonds. The Balaban J connectivity index is 1.17. The van der Waals surface area contributed by atoms with Crippen molar-refractivity contribution in [1.82, 2.24) is 9.88 Å². The molecular formula is C34H32N4O4. The smallest absolute Gasteiger partial charge is 0.257 e. The predicted octanol–water partition coefficient (Wildman–Crippen LogP) is 6.13. The minimum atomic E-state index is -0.341. The van der Waals surface area contributed by atoms with Gasteiger partial charge < -0.3 is 25.4 Å². The number of phenolic OH excluding ortho intramolecular Hbond substituents is 1. The van der Waals surface area contributed by atoms with Crippen molar-refractivity contribution >= 4 is 34.1 Å². The number of ether oxygens (including phenoxy) is 1. The molecule has 3 N–H and O–H groups in total. The van der Waals surface area contributed by atoms with E-state index in [1.807, 2.05) is 61.6 Å². The highest BCUT2D eigenvalue weighted by Gasteiger charge is 2.15. The number of rotatable bonds is 10. The van der Waals surface area contributed by atoms with Gasteiger partial charge in [-0.3, -0.25) is 14.6 Å². The van der Waals surface area contributed by atoms with Crippen molar-refractivity contribution in [2.24, 2.45) is 0 Å². The molecular weight excluding hydrogens is 528 g/mol. The minimum Gasteiger partial charge on any atom is -0.504 e. The summed E-state index contributed by atoms with van der Waals surface area (Å²) in [6, 6.07) is 29.4. The van der Waals surface area contributed by atoms with Crippen LogP contribution in [-0.2, 0) is 13.0 Å². The molecule has 0 radical (unpaired) electrons. The van der Waals surface area contributed by atoms with Crippen LogP contribution in [0.25, 0.3) is 10.9 Å². The quantitative estimate of drug-likeness (QED) is 0.190. The lowest BCUT2D eigenvalue weighted by atomic mass is 10.1. The van der Waals surface area contributed by atoms with Gasteiger partial charge in [0.2, 0.25) is 0 Å². The van der Waals surface area contributed by atoms with Crippen LogP contribution in [0.5, 0.6) is 11.5 Å². The largest absolute Gasteiger partial charge is 0.504 e. The number of hydrogen-bond acceptors (Lipinski definition) is 6. The zero-order chi connectivity index (χ0) is 29.5. The molecule has 0 spiro atoms. The topological polar surface area (TPSA) is 104 Å². The minimum absolute atomic E-state index is 0.133. The fourth-order valence-electron chi connectivity index (χ4n) is 4.68. The molecule has 0 saturated heterocycles. The van der Waals surface area contributed by atoms with Gasteiger partial charge in [0.1, 0.15) is 0 Å². The third-order valence-electron chi connectivity index (χ3n) is 6.96. The number of carbonyl (C=O) groups is 2. The van der Waals surface area contributed by atoms with Gasteiger partial charge in [-0.1, -0.05) is 48.5 Å². The number of nitrogens with zero attached hydrogens (tertiary/aromatic N) is 2. The molecule has 42 heavy (non-hydrogen) atoms. The number of methoxy groups -OCH3 is 1.